The predicted molar refractivity (Wildman–Crippen MR) is 67.1 cm³/mol. The van der Waals surface area contributed by atoms with Crippen LogP contribution in [0.4, 0.5) is 0 Å². The molecule has 0 spiro atoms. The van der Waals surface area contributed by atoms with Gasteiger partial charge in [0.05, 0.1) is 0 Å². The lowest BCUT2D eigenvalue weighted by Gasteiger charge is -1.97. The molecule has 0 amide bonds. The largest absolute Gasteiger partial charge is 0.481 e. The second-order valence-corrected chi connectivity index (χ2v) is 4.43. The summed E-state index contributed by atoms with van der Waals surface area (Å²) in [4.78, 5) is 10.3. The molecule has 0 saturated carbocycles. The van der Waals surface area contributed by atoms with Crippen molar-refractivity contribution in [1.82, 2.24) is 0 Å². The molecule has 1 heterocycles. The molecule has 0 aliphatic rings. The Morgan fingerprint density at radius 1 is 1.12 bits per heavy atom. The monoisotopic (exact) mass is 238 g/mol. The number of unbranched alkanes of at least 4 members (excludes halogenated alkanes) is 3. The van der Waals surface area contributed by atoms with Gasteiger partial charge in [-0.15, -0.1) is 0 Å². The van der Waals surface area contributed by atoms with Crippen LogP contribution in [0.1, 0.15) is 57.0 Å². The van der Waals surface area contributed by atoms with Crippen LogP contribution in [0.5, 0.6) is 0 Å². The molecular formula is C14H22O3. The summed E-state index contributed by atoms with van der Waals surface area (Å²) in [6, 6.07) is 4.06. The van der Waals surface area contributed by atoms with E-state index < -0.39 is 5.97 Å². The van der Waals surface area contributed by atoms with Crippen molar-refractivity contribution >= 4 is 5.97 Å². The van der Waals surface area contributed by atoms with Gasteiger partial charge in [0.15, 0.2) is 0 Å². The number of hydrogen-bond acceptors (Lipinski definition) is 2. The van der Waals surface area contributed by atoms with Gasteiger partial charge in [0, 0.05) is 19.3 Å². The molecule has 1 rings (SSSR count). The normalized spacial score (nSPS) is 10.6. The Kier molecular flexibility index (Phi) is 6.45. The third-order valence-corrected chi connectivity index (χ3v) is 2.81. The van der Waals surface area contributed by atoms with E-state index in [0.717, 1.165) is 37.2 Å². The maximum Gasteiger partial charge on any atom is 0.303 e. The molecule has 3 nitrogen and oxygen atoms in total. The van der Waals surface area contributed by atoms with Crippen LogP contribution in [0, 0.1) is 0 Å². The number of rotatable bonds is 9. The number of furan rings is 1. The molecule has 0 fully saturated rings. The van der Waals surface area contributed by atoms with E-state index >= 15 is 0 Å². The van der Waals surface area contributed by atoms with Gasteiger partial charge in [-0.1, -0.05) is 19.8 Å². The molecule has 1 aromatic rings. The minimum Gasteiger partial charge on any atom is -0.481 e. The number of carboxylic acid groups (broad SMARTS) is 1. The van der Waals surface area contributed by atoms with Crippen molar-refractivity contribution in [2.75, 3.05) is 0 Å². The molecule has 0 unspecified atom stereocenters. The Hall–Kier alpha value is -1.25. The van der Waals surface area contributed by atoms with Gasteiger partial charge in [-0.3, -0.25) is 4.79 Å². The summed E-state index contributed by atoms with van der Waals surface area (Å²) < 4.78 is 5.69. The number of aryl methyl sites for hydroxylation is 2. The second kappa shape index (κ2) is 7.93. The fourth-order valence-corrected chi connectivity index (χ4v) is 1.82. The molecule has 17 heavy (non-hydrogen) atoms. The Morgan fingerprint density at radius 3 is 2.24 bits per heavy atom. The van der Waals surface area contributed by atoms with Crippen molar-refractivity contribution < 1.29 is 14.3 Å². The summed E-state index contributed by atoms with van der Waals surface area (Å²) >= 11 is 0. The molecule has 0 saturated heterocycles. The van der Waals surface area contributed by atoms with Crippen molar-refractivity contribution in [1.29, 1.82) is 0 Å². The zero-order valence-corrected chi connectivity index (χ0v) is 10.6. The average Bonchev–Trinajstić information content (AvgIpc) is 2.73. The summed E-state index contributed by atoms with van der Waals surface area (Å²) in [5.41, 5.74) is 0. The highest BCUT2D eigenvalue weighted by Gasteiger charge is 2.03. The summed E-state index contributed by atoms with van der Waals surface area (Å²) in [6.45, 7) is 2.19. The van der Waals surface area contributed by atoms with Crippen LogP contribution in [-0.4, -0.2) is 11.1 Å². The quantitative estimate of drug-likeness (QED) is 0.665. The van der Waals surface area contributed by atoms with Crippen molar-refractivity contribution in [2.45, 2.75) is 58.3 Å². The number of hydrogen-bond donors (Lipinski definition) is 1. The topological polar surface area (TPSA) is 50.4 Å². The van der Waals surface area contributed by atoms with Crippen molar-refractivity contribution in [2.24, 2.45) is 0 Å². The summed E-state index contributed by atoms with van der Waals surface area (Å²) in [5.74, 6) is 1.33. The molecular weight excluding hydrogens is 216 g/mol. The van der Waals surface area contributed by atoms with E-state index in [9.17, 15) is 4.79 Å². The summed E-state index contributed by atoms with van der Waals surface area (Å²) in [5, 5.41) is 8.51. The first-order valence-electron chi connectivity index (χ1n) is 6.51. The van der Waals surface area contributed by atoms with Gasteiger partial charge in [-0.2, -0.15) is 0 Å². The first-order chi connectivity index (χ1) is 8.22. The highest BCUT2D eigenvalue weighted by Crippen LogP contribution is 2.14. The molecule has 3 heteroatoms. The third-order valence-electron chi connectivity index (χ3n) is 2.81. The minimum absolute atomic E-state index is 0.254. The van der Waals surface area contributed by atoms with Crippen LogP contribution in [0.2, 0.25) is 0 Å². The van der Waals surface area contributed by atoms with Gasteiger partial charge < -0.3 is 9.52 Å². The highest BCUT2D eigenvalue weighted by atomic mass is 16.4. The van der Waals surface area contributed by atoms with Gasteiger partial charge in [0.25, 0.3) is 0 Å². The van der Waals surface area contributed by atoms with E-state index in [1.807, 2.05) is 12.1 Å². The van der Waals surface area contributed by atoms with Crippen LogP contribution in [0.3, 0.4) is 0 Å². The fraction of sp³-hybridized carbons (Fsp3) is 0.643. The van der Waals surface area contributed by atoms with Crippen LogP contribution < -0.4 is 0 Å². The molecule has 0 aliphatic carbocycles. The standard InChI is InChI=1S/C14H22O3/c1-2-3-4-7-12-10-11-13(17-12)8-5-6-9-14(15)16/h10-11H,2-9H2,1H3,(H,15,16). The van der Waals surface area contributed by atoms with Crippen LogP contribution in [0.25, 0.3) is 0 Å². The van der Waals surface area contributed by atoms with E-state index in [1.54, 1.807) is 0 Å². The first-order valence-corrected chi connectivity index (χ1v) is 6.51. The van der Waals surface area contributed by atoms with Gasteiger partial charge in [-0.05, 0) is 31.4 Å². The Labute approximate surface area is 103 Å². The Bertz CT molecular complexity index is 328. The lowest BCUT2D eigenvalue weighted by molar-refractivity contribution is -0.137. The maximum atomic E-state index is 10.3. The van der Waals surface area contributed by atoms with Gasteiger partial charge >= 0.3 is 5.97 Å². The van der Waals surface area contributed by atoms with Gasteiger partial charge in [0.1, 0.15) is 11.5 Å². The average molecular weight is 238 g/mol. The molecule has 0 aliphatic heterocycles. The van der Waals surface area contributed by atoms with E-state index in [0.29, 0.717) is 0 Å². The lowest BCUT2D eigenvalue weighted by Crippen LogP contribution is -1.94. The van der Waals surface area contributed by atoms with Crippen LogP contribution in [0.15, 0.2) is 16.5 Å². The highest BCUT2D eigenvalue weighted by molar-refractivity contribution is 5.66. The molecule has 96 valence electrons. The van der Waals surface area contributed by atoms with E-state index in [2.05, 4.69) is 6.92 Å². The van der Waals surface area contributed by atoms with Crippen molar-refractivity contribution in [3.8, 4) is 0 Å². The smallest absolute Gasteiger partial charge is 0.303 e. The van der Waals surface area contributed by atoms with E-state index in [-0.39, 0.29) is 6.42 Å². The van der Waals surface area contributed by atoms with E-state index in [1.165, 1.54) is 19.3 Å². The predicted octanol–water partition coefficient (Wildman–Crippen LogP) is 3.81. The molecule has 0 aromatic carbocycles. The molecule has 0 radical (unpaired) electrons. The van der Waals surface area contributed by atoms with Crippen LogP contribution in [-0.2, 0) is 17.6 Å². The second-order valence-electron chi connectivity index (χ2n) is 4.43. The first kappa shape index (κ1) is 13.8. The number of carbonyl (C=O) groups is 1. The fourth-order valence-electron chi connectivity index (χ4n) is 1.82. The molecule has 0 atom stereocenters. The number of aliphatic carboxylic acids is 1. The Morgan fingerprint density at radius 2 is 1.71 bits per heavy atom. The molecule has 0 bridgehead atoms. The number of carboxylic acids is 1. The summed E-state index contributed by atoms with van der Waals surface area (Å²) in [7, 11) is 0. The maximum absolute atomic E-state index is 10.3. The zero-order valence-electron chi connectivity index (χ0n) is 10.6. The lowest BCUT2D eigenvalue weighted by atomic mass is 10.1. The zero-order chi connectivity index (χ0) is 12.5. The van der Waals surface area contributed by atoms with Crippen molar-refractivity contribution in [3.63, 3.8) is 0 Å². The van der Waals surface area contributed by atoms with Gasteiger partial charge in [-0.25, -0.2) is 0 Å². The van der Waals surface area contributed by atoms with E-state index in [4.69, 9.17) is 9.52 Å². The van der Waals surface area contributed by atoms with Crippen LogP contribution >= 0.6 is 0 Å². The molecule has 1 aromatic heterocycles. The Balaban J connectivity index is 2.18. The summed E-state index contributed by atoms with van der Waals surface area (Å²) in [6.07, 6.45) is 7.38. The third kappa shape index (κ3) is 6.15. The minimum atomic E-state index is -0.718. The van der Waals surface area contributed by atoms with Crippen molar-refractivity contribution in [3.05, 3.63) is 23.7 Å². The van der Waals surface area contributed by atoms with Gasteiger partial charge in [0.2, 0.25) is 0 Å². The SMILES string of the molecule is CCCCCc1ccc(CCCCC(=O)O)o1. The molecule has 1 N–H and O–H groups in total.